The van der Waals surface area contributed by atoms with Crippen LogP contribution in [0, 0.1) is 5.41 Å². The topological polar surface area (TPSA) is 74.2 Å². The first kappa shape index (κ1) is 16.4. The predicted molar refractivity (Wildman–Crippen MR) is 81.8 cm³/mol. The van der Waals surface area contributed by atoms with Crippen molar-refractivity contribution < 1.29 is 9.26 Å². The molecule has 120 valence electrons. The van der Waals surface area contributed by atoms with Crippen molar-refractivity contribution in [3.8, 4) is 0 Å². The third-order valence-electron chi connectivity index (χ3n) is 4.68. The quantitative estimate of drug-likeness (QED) is 0.863. The van der Waals surface area contributed by atoms with Crippen molar-refractivity contribution in [2.75, 3.05) is 7.11 Å². The van der Waals surface area contributed by atoms with E-state index in [0.29, 0.717) is 18.1 Å². The Bertz CT molecular complexity index is 443. The van der Waals surface area contributed by atoms with Gasteiger partial charge >= 0.3 is 0 Å². The Morgan fingerprint density at radius 3 is 2.38 bits per heavy atom. The number of methoxy groups -OCH3 is 1. The van der Waals surface area contributed by atoms with E-state index in [-0.39, 0.29) is 17.1 Å². The highest BCUT2D eigenvalue weighted by molar-refractivity contribution is 5.03. The molecule has 0 bridgehead atoms. The molecular weight excluding hydrogens is 266 g/mol. The molecule has 1 unspecified atom stereocenters. The second kappa shape index (κ2) is 6.44. The maximum absolute atomic E-state index is 6.20. The number of nitrogens with two attached hydrogens (primary N) is 1. The number of hydrogen-bond donors (Lipinski definition) is 1. The molecule has 0 aromatic carbocycles. The summed E-state index contributed by atoms with van der Waals surface area (Å²) < 4.78 is 11.2. The smallest absolute Gasteiger partial charge is 0.228 e. The standard InChI is InChI=1S/C16H29N3O2/c1-15(2,3)12(17)11-13-18-14(19-21-13)16(20-4)9-7-5-6-8-10-16/h12H,5-11,17H2,1-4H3. The summed E-state index contributed by atoms with van der Waals surface area (Å²) in [4.78, 5) is 4.59. The lowest BCUT2D eigenvalue weighted by Crippen LogP contribution is -2.37. The minimum atomic E-state index is -0.371. The Kier molecular flexibility index (Phi) is 5.04. The van der Waals surface area contributed by atoms with Gasteiger partial charge in [0.2, 0.25) is 11.7 Å². The van der Waals surface area contributed by atoms with Crippen LogP contribution in [-0.4, -0.2) is 23.3 Å². The van der Waals surface area contributed by atoms with Crippen LogP contribution in [0.4, 0.5) is 0 Å². The Balaban J connectivity index is 2.14. The van der Waals surface area contributed by atoms with Crippen molar-refractivity contribution in [2.45, 2.75) is 77.4 Å². The minimum Gasteiger partial charge on any atom is -0.370 e. The van der Waals surface area contributed by atoms with E-state index < -0.39 is 0 Å². The molecule has 0 saturated heterocycles. The van der Waals surface area contributed by atoms with Gasteiger partial charge in [-0.2, -0.15) is 4.98 Å². The summed E-state index contributed by atoms with van der Waals surface area (Å²) in [5.41, 5.74) is 5.85. The third kappa shape index (κ3) is 3.83. The van der Waals surface area contributed by atoms with Gasteiger partial charge in [-0.3, -0.25) is 0 Å². The summed E-state index contributed by atoms with van der Waals surface area (Å²) in [6.07, 6.45) is 7.35. The molecule has 5 nitrogen and oxygen atoms in total. The molecule has 1 saturated carbocycles. The first-order valence-corrected chi connectivity index (χ1v) is 8.01. The van der Waals surface area contributed by atoms with Gasteiger partial charge in [-0.1, -0.05) is 51.6 Å². The summed E-state index contributed by atoms with van der Waals surface area (Å²) in [6, 6.07) is -0.00146. The van der Waals surface area contributed by atoms with Gasteiger partial charge in [0.15, 0.2) is 0 Å². The van der Waals surface area contributed by atoms with E-state index in [1.54, 1.807) is 7.11 Å². The first-order valence-electron chi connectivity index (χ1n) is 8.01. The summed E-state index contributed by atoms with van der Waals surface area (Å²) in [7, 11) is 1.75. The van der Waals surface area contributed by atoms with Crippen LogP contribution in [0.2, 0.25) is 0 Å². The molecule has 0 radical (unpaired) electrons. The second-order valence-corrected chi connectivity index (χ2v) is 7.30. The highest BCUT2D eigenvalue weighted by atomic mass is 16.5. The molecule has 21 heavy (non-hydrogen) atoms. The Morgan fingerprint density at radius 1 is 1.24 bits per heavy atom. The van der Waals surface area contributed by atoms with Crippen molar-refractivity contribution in [1.29, 1.82) is 0 Å². The fourth-order valence-corrected chi connectivity index (χ4v) is 2.84. The van der Waals surface area contributed by atoms with Crippen LogP contribution in [0.3, 0.4) is 0 Å². The van der Waals surface area contributed by atoms with Crippen LogP contribution < -0.4 is 5.73 Å². The zero-order chi connectivity index (χ0) is 15.5. The van der Waals surface area contributed by atoms with Crippen LogP contribution in [0.1, 0.15) is 71.0 Å². The predicted octanol–water partition coefficient (Wildman–Crippen LogP) is 3.18. The molecule has 1 atom stereocenters. The van der Waals surface area contributed by atoms with Crippen LogP contribution in [0.25, 0.3) is 0 Å². The molecule has 2 rings (SSSR count). The van der Waals surface area contributed by atoms with E-state index in [1.165, 1.54) is 12.8 Å². The van der Waals surface area contributed by atoms with Gasteiger partial charge in [-0.05, 0) is 18.3 Å². The number of hydrogen-bond acceptors (Lipinski definition) is 5. The Morgan fingerprint density at radius 2 is 1.86 bits per heavy atom. The van der Waals surface area contributed by atoms with Gasteiger partial charge in [0, 0.05) is 19.6 Å². The normalized spacial score (nSPS) is 21.0. The molecule has 1 aromatic heterocycles. The molecule has 0 aliphatic heterocycles. The average molecular weight is 295 g/mol. The molecule has 0 spiro atoms. The van der Waals surface area contributed by atoms with Crippen LogP contribution in [0.5, 0.6) is 0 Å². The largest absolute Gasteiger partial charge is 0.370 e. The Labute approximate surface area is 127 Å². The maximum atomic E-state index is 6.20. The SMILES string of the molecule is COC1(c2noc(CC(N)C(C)(C)C)n2)CCCCCC1. The minimum absolute atomic E-state index is 0.00146. The van der Waals surface area contributed by atoms with Gasteiger partial charge in [-0.25, -0.2) is 0 Å². The molecule has 1 aliphatic rings. The van der Waals surface area contributed by atoms with E-state index in [2.05, 4.69) is 30.9 Å². The van der Waals surface area contributed by atoms with Crippen molar-refractivity contribution in [1.82, 2.24) is 10.1 Å². The molecule has 1 aliphatic carbocycles. The van der Waals surface area contributed by atoms with Gasteiger partial charge in [-0.15, -0.1) is 0 Å². The molecule has 5 heteroatoms. The monoisotopic (exact) mass is 295 g/mol. The van der Waals surface area contributed by atoms with E-state index >= 15 is 0 Å². The number of ether oxygens (including phenoxy) is 1. The molecule has 2 N–H and O–H groups in total. The molecule has 0 amide bonds. The van der Waals surface area contributed by atoms with Crippen LogP contribution in [0.15, 0.2) is 4.52 Å². The van der Waals surface area contributed by atoms with Crippen molar-refractivity contribution in [3.05, 3.63) is 11.7 Å². The fraction of sp³-hybridized carbons (Fsp3) is 0.875. The van der Waals surface area contributed by atoms with Crippen LogP contribution >= 0.6 is 0 Å². The zero-order valence-electron chi connectivity index (χ0n) is 13.8. The molecular formula is C16H29N3O2. The van der Waals surface area contributed by atoms with Crippen molar-refractivity contribution in [2.24, 2.45) is 11.1 Å². The number of nitrogens with zero attached hydrogens (tertiary/aromatic N) is 2. The average Bonchev–Trinajstić information content (AvgIpc) is 2.75. The fourth-order valence-electron chi connectivity index (χ4n) is 2.84. The summed E-state index contributed by atoms with van der Waals surface area (Å²) in [5, 5.41) is 4.19. The Hall–Kier alpha value is -0.940. The zero-order valence-corrected chi connectivity index (χ0v) is 13.8. The van der Waals surface area contributed by atoms with Gasteiger partial charge in [0.05, 0.1) is 0 Å². The highest BCUT2D eigenvalue weighted by Crippen LogP contribution is 2.37. The molecule has 1 fully saturated rings. The molecule has 1 aromatic rings. The second-order valence-electron chi connectivity index (χ2n) is 7.30. The lowest BCUT2D eigenvalue weighted by molar-refractivity contribution is -0.0365. The van der Waals surface area contributed by atoms with E-state index in [4.69, 9.17) is 15.0 Å². The lowest BCUT2D eigenvalue weighted by atomic mass is 9.85. The first-order chi connectivity index (χ1) is 9.87. The van der Waals surface area contributed by atoms with Gasteiger partial charge in [0.25, 0.3) is 0 Å². The van der Waals surface area contributed by atoms with E-state index in [9.17, 15) is 0 Å². The summed E-state index contributed by atoms with van der Waals surface area (Å²) >= 11 is 0. The summed E-state index contributed by atoms with van der Waals surface area (Å²) in [5.74, 6) is 1.32. The van der Waals surface area contributed by atoms with E-state index in [1.807, 2.05) is 0 Å². The van der Waals surface area contributed by atoms with Crippen LogP contribution in [-0.2, 0) is 16.8 Å². The lowest BCUT2D eigenvalue weighted by Gasteiger charge is -2.27. The number of aromatic nitrogens is 2. The maximum Gasteiger partial charge on any atom is 0.228 e. The van der Waals surface area contributed by atoms with Crippen molar-refractivity contribution in [3.63, 3.8) is 0 Å². The molecule has 1 heterocycles. The number of rotatable bonds is 4. The third-order valence-corrected chi connectivity index (χ3v) is 4.68. The van der Waals surface area contributed by atoms with Gasteiger partial charge < -0.3 is 15.0 Å². The highest BCUT2D eigenvalue weighted by Gasteiger charge is 2.38. The summed E-state index contributed by atoms with van der Waals surface area (Å²) in [6.45, 7) is 6.37. The van der Waals surface area contributed by atoms with Gasteiger partial charge in [0.1, 0.15) is 5.60 Å². The van der Waals surface area contributed by atoms with Crippen molar-refractivity contribution >= 4 is 0 Å². The van der Waals surface area contributed by atoms with E-state index in [0.717, 1.165) is 25.7 Å².